The number of hydrogen-bond donors (Lipinski definition) is 0. The number of nitriles is 1. The van der Waals surface area contributed by atoms with Gasteiger partial charge in [0.25, 0.3) is 10.1 Å². The van der Waals surface area contributed by atoms with Gasteiger partial charge in [-0.3, -0.25) is 4.18 Å². The summed E-state index contributed by atoms with van der Waals surface area (Å²) >= 11 is 0. The highest BCUT2D eigenvalue weighted by molar-refractivity contribution is 7.85. The van der Waals surface area contributed by atoms with Crippen LogP contribution in [0.1, 0.15) is 47.6 Å². The quantitative estimate of drug-likeness (QED) is 0.658. The van der Waals surface area contributed by atoms with Gasteiger partial charge < -0.3 is 9.47 Å². The van der Waals surface area contributed by atoms with Gasteiger partial charge in [-0.25, -0.2) is 0 Å². The second-order valence-electron chi connectivity index (χ2n) is 6.76. The van der Waals surface area contributed by atoms with Crippen molar-refractivity contribution in [3.8, 4) is 6.07 Å². The van der Waals surface area contributed by atoms with Crippen molar-refractivity contribution in [2.24, 2.45) is 0 Å². The highest BCUT2D eigenvalue weighted by atomic mass is 32.2. The molecule has 0 saturated carbocycles. The van der Waals surface area contributed by atoms with Gasteiger partial charge >= 0.3 is 0 Å². The van der Waals surface area contributed by atoms with Gasteiger partial charge in [0.1, 0.15) is 6.10 Å². The van der Waals surface area contributed by atoms with E-state index < -0.39 is 10.1 Å². The summed E-state index contributed by atoms with van der Waals surface area (Å²) < 4.78 is 39.2. The monoisotopic (exact) mass is 401 g/mol. The summed E-state index contributed by atoms with van der Waals surface area (Å²) in [5.74, 6) is 0. The number of benzene rings is 2. The SMILES string of the molecule is CS(=O)(=O)OCc1ccc([C@H](OC2CCCCO2)c2cccc(C#N)c2)cc1. The average Bonchev–Trinajstić information content (AvgIpc) is 2.71. The summed E-state index contributed by atoms with van der Waals surface area (Å²) in [6.07, 6.45) is 3.26. The van der Waals surface area contributed by atoms with Crippen LogP contribution in [0.2, 0.25) is 0 Å². The summed E-state index contributed by atoms with van der Waals surface area (Å²) in [6.45, 7) is 0.664. The molecule has 0 bridgehead atoms. The zero-order valence-electron chi connectivity index (χ0n) is 15.7. The Balaban J connectivity index is 1.84. The molecule has 28 heavy (non-hydrogen) atoms. The van der Waals surface area contributed by atoms with E-state index in [4.69, 9.17) is 13.7 Å². The van der Waals surface area contributed by atoms with E-state index in [0.29, 0.717) is 12.2 Å². The first-order valence-corrected chi connectivity index (χ1v) is 11.0. The lowest BCUT2D eigenvalue weighted by Crippen LogP contribution is -2.25. The molecular formula is C21H23NO5S. The number of ether oxygens (including phenoxy) is 2. The molecule has 1 fully saturated rings. The molecule has 0 N–H and O–H groups in total. The van der Waals surface area contributed by atoms with E-state index in [1.165, 1.54) is 0 Å². The molecule has 2 aromatic rings. The minimum Gasteiger partial charge on any atom is -0.353 e. The third-order valence-electron chi connectivity index (χ3n) is 4.47. The highest BCUT2D eigenvalue weighted by Crippen LogP contribution is 2.31. The summed E-state index contributed by atoms with van der Waals surface area (Å²) in [7, 11) is -3.49. The van der Waals surface area contributed by atoms with Gasteiger partial charge in [-0.1, -0.05) is 36.4 Å². The van der Waals surface area contributed by atoms with Crippen molar-refractivity contribution in [2.75, 3.05) is 12.9 Å². The van der Waals surface area contributed by atoms with Crippen molar-refractivity contribution < 1.29 is 22.1 Å². The van der Waals surface area contributed by atoms with E-state index in [-0.39, 0.29) is 19.0 Å². The van der Waals surface area contributed by atoms with Gasteiger partial charge in [0.05, 0.1) is 24.5 Å². The van der Waals surface area contributed by atoms with E-state index in [1.54, 1.807) is 6.07 Å². The molecule has 3 rings (SSSR count). The molecule has 1 saturated heterocycles. The van der Waals surface area contributed by atoms with Crippen LogP contribution in [-0.2, 0) is 30.4 Å². The van der Waals surface area contributed by atoms with Gasteiger partial charge in [-0.2, -0.15) is 13.7 Å². The summed E-state index contributed by atoms with van der Waals surface area (Å²) in [6, 6.07) is 16.9. The van der Waals surface area contributed by atoms with Crippen LogP contribution in [0.4, 0.5) is 0 Å². The molecule has 1 unspecified atom stereocenters. The fourth-order valence-electron chi connectivity index (χ4n) is 3.05. The maximum Gasteiger partial charge on any atom is 0.264 e. The second-order valence-corrected chi connectivity index (χ2v) is 8.40. The van der Waals surface area contributed by atoms with Crippen LogP contribution < -0.4 is 0 Å². The van der Waals surface area contributed by atoms with Crippen molar-refractivity contribution in [3.63, 3.8) is 0 Å². The fraction of sp³-hybridized carbons (Fsp3) is 0.381. The Hall–Kier alpha value is -2.24. The van der Waals surface area contributed by atoms with E-state index in [2.05, 4.69) is 6.07 Å². The lowest BCUT2D eigenvalue weighted by molar-refractivity contribution is -0.181. The molecule has 0 spiro atoms. The minimum atomic E-state index is -3.49. The Bertz CT molecular complexity index is 928. The predicted octanol–water partition coefficient (Wildman–Crippen LogP) is 3.67. The van der Waals surface area contributed by atoms with E-state index in [1.807, 2.05) is 42.5 Å². The van der Waals surface area contributed by atoms with Crippen molar-refractivity contribution in [1.82, 2.24) is 0 Å². The predicted molar refractivity (Wildman–Crippen MR) is 104 cm³/mol. The molecule has 2 atom stereocenters. The third-order valence-corrected chi connectivity index (χ3v) is 5.01. The summed E-state index contributed by atoms with van der Waals surface area (Å²) in [4.78, 5) is 0. The average molecular weight is 401 g/mol. The molecule has 0 amide bonds. The van der Waals surface area contributed by atoms with Crippen molar-refractivity contribution in [2.45, 2.75) is 38.3 Å². The van der Waals surface area contributed by atoms with Crippen LogP contribution in [0.5, 0.6) is 0 Å². The van der Waals surface area contributed by atoms with Gasteiger partial charge in [0.2, 0.25) is 0 Å². The molecule has 1 heterocycles. The molecule has 0 radical (unpaired) electrons. The Labute approximate surface area is 165 Å². The largest absolute Gasteiger partial charge is 0.353 e. The number of hydrogen-bond acceptors (Lipinski definition) is 6. The van der Waals surface area contributed by atoms with Gasteiger partial charge in [0.15, 0.2) is 6.29 Å². The Morgan fingerprint density at radius 3 is 2.61 bits per heavy atom. The van der Waals surface area contributed by atoms with E-state index in [0.717, 1.165) is 42.2 Å². The van der Waals surface area contributed by atoms with Gasteiger partial charge in [0, 0.05) is 6.61 Å². The van der Waals surface area contributed by atoms with Crippen LogP contribution in [0, 0.1) is 11.3 Å². The zero-order valence-corrected chi connectivity index (χ0v) is 16.5. The maximum absolute atomic E-state index is 11.2. The molecule has 0 aromatic heterocycles. The van der Waals surface area contributed by atoms with Gasteiger partial charge in [-0.15, -0.1) is 0 Å². The standard InChI is InChI=1S/C21H23NO5S/c1-28(23,24)26-15-16-8-10-18(11-9-16)21(27-20-7-2-3-12-25-20)19-6-4-5-17(13-19)14-22/h4-6,8-11,13,20-21H,2-3,7,12,15H2,1H3/t20?,21-/m0/s1. The number of rotatable bonds is 7. The van der Waals surface area contributed by atoms with Crippen molar-refractivity contribution >= 4 is 10.1 Å². The summed E-state index contributed by atoms with van der Waals surface area (Å²) in [5.41, 5.74) is 3.07. The fourth-order valence-corrected chi connectivity index (χ4v) is 3.41. The van der Waals surface area contributed by atoms with Crippen LogP contribution in [0.15, 0.2) is 48.5 Å². The van der Waals surface area contributed by atoms with Crippen LogP contribution >= 0.6 is 0 Å². The van der Waals surface area contributed by atoms with E-state index in [9.17, 15) is 13.7 Å². The van der Waals surface area contributed by atoms with Crippen LogP contribution in [0.3, 0.4) is 0 Å². The Morgan fingerprint density at radius 2 is 1.96 bits per heavy atom. The molecule has 7 heteroatoms. The first-order valence-electron chi connectivity index (χ1n) is 9.15. The molecule has 148 valence electrons. The Morgan fingerprint density at radius 1 is 1.18 bits per heavy atom. The smallest absolute Gasteiger partial charge is 0.264 e. The van der Waals surface area contributed by atoms with Crippen molar-refractivity contribution in [1.29, 1.82) is 5.26 Å². The van der Waals surface area contributed by atoms with Crippen molar-refractivity contribution in [3.05, 3.63) is 70.8 Å². The molecule has 6 nitrogen and oxygen atoms in total. The topological polar surface area (TPSA) is 85.6 Å². The Kier molecular flexibility index (Phi) is 6.81. The first kappa shape index (κ1) is 20.5. The molecule has 1 aliphatic rings. The second kappa shape index (κ2) is 9.30. The first-order chi connectivity index (χ1) is 13.4. The molecule has 0 aliphatic carbocycles. The molecule has 2 aromatic carbocycles. The molecule has 1 aliphatic heterocycles. The lowest BCUT2D eigenvalue weighted by Gasteiger charge is -2.28. The normalized spacial score (nSPS) is 18.4. The third kappa shape index (κ3) is 5.88. The zero-order chi connectivity index (χ0) is 20.0. The molecular weight excluding hydrogens is 378 g/mol. The summed E-state index contributed by atoms with van der Waals surface area (Å²) in [5, 5.41) is 9.22. The minimum absolute atomic E-state index is 0.0136. The van der Waals surface area contributed by atoms with E-state index >= 15 is 0 Å². The van der Waals surface area contributed by atoms with Crippen LogP contribution in [-0.4, -0.2) is 27.6 Å². The lowest BCUT2D eigenvalue weighted by atomic mass is 9.98. The number of nitrogens with zero attached hydrogens (tertiary/aromatic N) is 1. The van der Waals surface area contributed by atoms with Gasteiger partial charge in [-0.05, 0) is 48.1 Å². The highest BCUT2D eigenvalue weighted by Gasteiger charge is 2.23. The van der Waals surface area contributed by atoms with Crippen LogP contribution in [0.25, 0.3) is 0 Å². The maximum atomic E-state index is 11.2.